The van der Waals surface area contributed by atoms with Crippen molar-refractivity contribution in [2.75, 3.05) is 13.1 Å². The normalized spacial score (nSPS) is 14.8. The summed E-state index contributed by atoms with van der Waals surface area (Å²) in [6, 6.07) is 0. The van der Waals surface area contributed by atoms with Gasteiger partial charge in [-0.2, -0.15) is 0 Å². The standard InChI is InChI=1S/C13H29N/c1-7-8-12(4)13(5,6)10-14-9-11(2)3/h11-12,14H,7-10H2,1-6H3. The van der Waals surface area contributed by atoms with E-state index in [1.165, 1.54) is 12.8 Å². The van der Waals surface area contributed by atoms with E-state index < -0.39 is 0 Å². The van der Waals surface area contributed by atoms with Crippen LogP contribution in [0.3, 0.4) is 0 Å². The molecule has 14 heavy (non-hydrogen) atoms. The summed E-state index contributed by atoms with van der Waals surface area (Å²) >= 11 is 0. The second-order valence-corrected chi connectivity index (χ2v) is 5.70. The van der Waals surface area contributed by atoms with Gasteiger partial charge in [-0.05, 0) is 23.8 Å². The van der Waals surface area contributed by atoms with Crippen LogP contribution in [0, 0.1) is 17.3 Å². The van der Waals surface area contributed by atoms with Crippen molar-refractivity contribution in [3.63, 3.8) is 0 Å². The van der Waals surface area contributed by atoms with Crippen molar-refractivity contribution >= 4 is 0 Å². The average molecular weight is 199 g/mol. The van der Waals surface area contributed by atoms with Crippen molar-refractivity contribution < 1.29 is 0 Å². The third kappa shape index (κ3) is 5.64. The van der Waals surface area contributed by atoms with Crippen molar-refractivity contribution in [2.24, 2.45) is 17.3 Å². The molecule has 0 fully saturated rings. The zero-order chi connectivity index (χ0) is 11.2. The maximum atomic E-state index is 3.56. The Labute approximate surface area is 90.7 Å². The fourth-order valence-electron chi connectivity index (χ4n) is 1.68. The average Bonchev–Trinajstić information content (AvgIpc) is 2.03. The lowest BCUT2D eigenvalue weighted by molar-refractivity contribution is 0.206. The highest BCUT2D eigenvalue weighted by Gasteiger charge is 2.24. The third-order valence-electron chi connectivity index (χ3n) is 3.19. The topological polar surface area (TPSA) is 12.0 Å². The lowest BCUT2D eigenvalue weighted by Gasteiger charge is -2.32. The summed E-state index contributed by atoms with van der Waals surface area (Å²) in [7, 11) is 0. The monoisotopic (exact) mass is 199 g/mol. The van der Waals surface area contributed by atoms with Gasteiger partial charge in [0.2, 0.25) is 0 Å². The van der Waals surface area contributed by atoms with E-state index in [9.17, 15) is 0 Å². The SMILES string of the molecule is CCCC(C)C(C)(C)CNCC(C)C. The predicted molar refractivity (Wildman–Crippen MR) is 65.6 cm³/mol. The van der Waals surface area contributed by atoms with Gasteiger partial charge in [-0.25, -0.2) is 0 Å². The molecule has 0 saturated carbocycles. The van der Waals surface area contributed by atoms with Gasteiger partial charge in [-0.1, -0.05) is 54.4 Å². The number of hydrogen-bond acceptors (Lipinski definition) is 1. The van der Waals surface area contributed by atoms with E-state index in [0.29, 0.717) is 5.41 Å². The van der Waals surface area contributed by atoms with Gasteiger partial charge in [0, 0.05) is 6.54 Å². The van der Waals surface area contributed by atoms with Crippen LogP contribution in [-0.2, 0) is 0 Å². The van der Waals surface area contributed by atoms with Crippen LogP contribution < -0.4 is 5.32 Å². The van der Waals surface area contributed by atoms with Gasteiger partial charge in [0.1, 0.15) is 0 Å². The summed E-state index contributed by atoms with van der Waals surface area (Å²) in [6.45, 7) is 16.2. The molecule has 0 bridgehead atoms. The summed E-state index contributed by atoms with van der Waals surface area (Å²) in [4.78, 5) is 0. The molecule has 1 unspecified atom stereocenters. The van der Waals surface area contributed by atoms with Gasteiger partial charge >= 0.3 is 0 Å². The molecule has 0 aromatic rings. The first-order valence-corrected chi connectivity index (χ1v) is 6.10. The minimum atomic E-state index is 0.435. The fraction of sp³-hybridized carbons (Fsp3) is 1.00. The van der Waals surface area contributed by atoms with E-state index >= 15 is 0 Å². The Hall–Kier alpha value is -0.0400. The van der Waals surface area contributed by atoms with E-state index in [1.54, 1.807) is 0 Å². The summed E-state index contributed by atoms with van der Waals surface area (Å²) in [5, 5.41) is 3.56. The number of hydrogen-bond donors (Lipinski definition) is 1. The van der Waals surface area contributed by atoms with Crippen LogP contribution in [-0.4, -0.2) is 13.1 Å². The molecule has 0 rings (SSSR count). The van der Waals surface area contributed by atoms with Crippen LogP contribution in [0.1, 0.15) is 54.4 Å². The van der Waals surface area contributed by atoms with Gasteiger partial charge in [-0.15, -0.1) is 0 Å². The van der Waals surface area contributed by atoms with E-state index in [1.807, 2.05) is 0 Å². The quantitative estimate of drug-likeness (QED) is 0.659. The molecule has 0 aromatic heterocycles. The molecule has 1 nitrogen and oxygen atoms in total. The first-order valence-electron chi connectivity index (χ1n) is 6.10. The zero-order valence-corrected chi connectivity index (χ0v) is 11.0. The van der Waals surface area contributed by atoms with E-state index in [-0.39, 0.29) is 0 Å². The molecule has 0 aliphatic carbocycles. The van der Waals surface area contributed by atoms with Crippen molar-refractivity contribution in [1.82, 2.24) is 5.32 Å². The summed E-state index contributed by atoms with van der Waals surface area (Å²) in [6.07, 6.45) is 2.64. The molecular weight excluding hydrogens is 170 g/mol. The molecule has 0 amide bonds. The first-order chi connectivity index (χ1) is 6.40. The summed E-state index contributed by atoms with van der Waals surface area (Å²) in [5.74, 6) is 1.57. The molecular formula is C13H29N. The van der Waals surface area contributed by atoms with Crippen LogP contribution in [0.25, 0.3) is 0 Å². The highest BCUT2D eigenvalue weighted by atomic mass is 14.9. The molecule has 0 radical (unpaired) electrons. The second-order valence-electron chi connectivity index (χ2n) is 5.70. The van der Waals surface area contributed by atoms with Crippen molar-refractivity contribution in [1.29, 1.82) is 0 Å². The molecule has 1 atom stereocenters. The third-order valence-corrected chi connectivity index (χ3v) is 3.19. The second kappa shape index (κ2) is 6.44. The van der Waals surface area contributed by atoms with Gasteiger partial charge in [0.05, 0.1) is 0 Å². The van der Waals surface area contributed by atoms with Crippen LogP contribution in [0.2, 0.25) is 0 Å². The Balaban J connectivity index is 3.81. The maximum absolute atomic E-state index is 3.56. The minimum absolute atomic E-state index is 0.435. The Morgan fingerprint density at radius 2 is 1.71 bits per heavy atom. The van der Waals surface area contributed by atoms with Gasteiger partial charge in [-0.3, -0.25) is 0 Å². The Morgan fingerprint density at radius 3 is 2.14 bits per heavy atom. The lowest BCUT2D eigenvalue weighted by atomic mass is 9.77. The first kappa shape index (κ1) is 14.0. The van der Waals surface area contributed by atoms with Crippen LogP contribution in [0.15, 0.2) is 0 Å². The van der Waals surface area contributed by atoms with E-state index in [4.69, 9.17) is 0 Å². The van der Waals surface area contributed by atoms with Gasteiger partial charge < -0.3 is 5.32 Å². The highest BCUT2D eigenvalue weighted by Crippen LogP contribution is 2.29. The molecule has 0 heterocycles. The predicted octanol–water partition coefficient (Wildman–Crippen LogP) is 3.69. The molecule has 0 aliphatic rings. The van der Waals surface area contributed by atoms with Crippen LogP contribution >= 0.6 is 0 Å². The molecule has 0 aliphatic heterocycles. The highest BCUT2D eigenvalue weighted by molar-refractivity contribution is 4.77. The molecule has 0 spiro atoms. The largest absolute Gasteiger partial charge is 0.316 e. The minimum Gasteiger partial charge on any atom is -0.316 e. The van der Waals surface area contributed by atoms with Gasteiger partial charge in [0.15, 0.2) is 0 Å². The van der Waals surface area contributed by atoms with Crippen molar-refractivity contribution in [2.45, 2.75) is 54.4 Å². The molecule has 1 heteroatoms. The fourth-order valence-corrected chi connectivity index (χ4v) is 1.68. The zero-order valence-electron chi connectivity index (χ0n) is 11.0. The Morgan fingerprint density at radius 1 is 1.14 bits per heavy atom. The Kier molecular flexibility index (Phi) is 6.43. The maximum Gasteiger partial charge on any atom is 0.000518 e. The molecule has 86 valence electrons. The molecule has 0 aromatic carbocycles. The summed E-state index contributed by atoms with van der Waals surface area (Å²) < 4.78 is 0. The van der Waals surface area contributed by atoms with E-state index in [0.717, 1.165) is 24.9 Å². The smallest absolute Gasteiger partial charge is 0.000518 e. The lowest BCUT2D eigenvalue weighted by Crippen LogP contribution is -2.36. The van der Waals surface area contributed by atoms with Gasteiger partial charge in [0.25, 0.3) is 0 Å². The number of rotatable bonds is 7. The summed E-state index contributed by atoms with van der Waals surface area (Å²) in [5.41, 5.74) is 0.435. The van der Waals surface area contributed by atoms with Crippen molar-refractivity contribution in [3.8, 4) is 0 Å². The van der Waals surface area contributed by atoms with Crippen molar-refractivity contribution in [3.05, 3.63) is 0 Å². The molecule has 0 saturated heterocycles. The van der Waals surface area contributed by atoms with Crippen LogP contribution in [0.5, 0.6) is 0 Å². The molecule has 1 N–H and O–H groups in total. The van der Waals surface area contributed by atoms with E-state index in [2.05, 4.69) is 46.9 Å². The number of nitrogens with one attached hydrogen (secondary N) is 1. The van der Waals surface area contributed by atoms with Crippen LogP contribution in [0.4, 0.5) is 0 Å². The Bertz CT molecular complexity index is 138.